The Hall–Kier alpha value is -2.04. The zero-order valence-electron chi connectivity index (χ0n) is 12.3. The van der Waals surface area contributed by atoms with Crippen LogP contribution in [-0.4, -0.2) is 28.5 Å². The van der Waals surface area contributed by atoms with Crippen LogP contribution >= 0.6 is 0 Å². The largest absolute Gasteiger partial charge is 0.508 e. The monoisotopic (exact) mass is 300 g/mol. The van der Waals surface area contributed by atoms with Crippen LogP contribution in [0.3, 0.4) is 0 Å². The van der Waals surface area contributed by atoms with Crippen molar-refractivity contribution in [2.45, 2.75) is 24.9 Å². The minimum Gasteiger partial charge on any atom is -0.508 e. The number of aromatic hydroxyl groups is 1. The minimum atomic E-state index is -0.242. The summed E-state index contributed by atoms with van der Waals surface area (Å²) >= 11 is 0. The number of rotatable bonds is 5. The van der Waals surface area contributed by atoms with E-state index in [9.17, 15) is 10.2 Å². The Kier molecular flexibility index (Phi) is 4.32. The summed E-state index contributed by atoms with van der Waals surface area (Å²) in [6.07, 6.45) is 1.30. The van der Waals surface area contributed by atoms with Gasteiger partial charge in [0.1, 0.15) is 17.6 Å². The highest BCUT2D eigenvalue weighted by molar-refractivity contribution is 5.46. The van der Waals surface area contributed by atoms with Crippen LogP contribution in [0.15, 0.2) is 42.5 Å². The Morgan fingerprint density at radius 2 is 1.77 bits per heavy atom. The van der Waals surface area contributed by atoms with E-state index in [0.717, 1.165) is 35.3 Å². The third-order valence-electron chi connectivity index (χ3n) is 4.13. The molecule has 0 amide bonds. The topological polar surface area (TPSA) is 69.9 Å². The first-order valence-corrected chi connectivity index (χ1v) is 7.53. The van der Waals surface area contributed by atoms with Gasteiger partial charge in [-0.25, -0.2) is 0 Å². The molecule has 22 heavy (non-hydrogen) atoms. The number of phenols is 1. The zero-order valence-corrected chi connectivity index (χ0v) is 12.3. The minimum absolute atomic E-state index is 0.00198. The summed E-state index contributed by atoms with van der Waals surface area (Å²) in [4.78, 5) is 0. The lowest BCUT2D eigenvalue weighted by Crippen LogP contribution is -2.13. The molecule has 2 aromatic carbocycles. The van der Waals surface area contributed by atoms with E-state index in [1.165, 1.54) is 0 Å². The van der Waals surface area contributed by atoms with Gasteiger partial charge in [0.25, 0.3) is 0 Å². The first-order valence-electron chi connectivity index (χ1n) is 7.53. The second-order valence-electron chi connectivity index (χ2n) is 5.62. The van der Waals surface area contributed by atoms with E-state index >= 15 is 0 Å². The van der Waals surface area contributed by atoms with Crippen molar-refractivity contribution in [2.75, 3.05) is 13.2 Å². The molecule has 3 rings (SSSR count). The van der Waals surface area contributed by atoms with E-state index in [-0.39, 0.29) is 31.0 Å². The third-order valence-corrected chi connectivity index (χ3v) is 4.13. The maximum absolute atomic E-state index is 9.80. The van der Waals surface area contributed by atoms with E-state index in [1.54, 1.807) is 12.1 Å². The Balaban J connectivity index is 1.88. The molecular formula is C18H20O4. The molecule has 4 heteroatoms. The molecule has 1 aliphatic heterocycles. The average molecular weight is 300 g/mol. The number of hydrogen-bond acceptors (Lipinski definition) is 4. The first-order chi connectivity index (χ1) is 10.7. The van der Waals surface area contributed by atoms with E-state index in [0.29, 0.717) is 0 Å². The summed E-state index contributed by atoms with van der Waals surface area (Å²) in [6, 6.07) is 12.9. The third kappa shape index (κ3) is 2.80. The van der Waals surface area contributed by atoms with Gasteiger partial charge in [-0.15, -0.1) is 0 Å². The van der Waals surface area contributed by atoms with E-state index < -0.39 is 0 Å². The fraction of sp³-hybridized carbons (Fsp3) is 0.333. The summed E-state index contributed by atoms with van der Waals surface area (Å²) < 4.78 is 6.00. The molecule has 0 aliphatic carbocycles. The molecule has 2 aromatic rings. The second-order valence-corrected chi connectivity index (χ2v) is 5.62. The molecule has 0 unspecified atom stereocenters. The van der Waals surface area contributed by atoms with Crippen molar-refractivity contribution in [3.8, 4) is 11.5 Å². The van der Waals surface area contributed by atoms with Crippen molar-refractivity contribution >= 4 is 0 Å². The molecule has 1 aliphatic rings. The lowest BCUT2D eigenvalue weighted by Gasteiger charge is -2.17. The maximum atomic E-state index is 9.80. The molecular weight excluding hydrogens is 280 g/mol. The van der Waals surface area contributed by atoms with Crippen molar-refractivity contribution < 1.29 is 20.1 Å². The summed E-state index contributed by atoms with van der Waals surface area (Å²) in [6.45, 7) is 0.176. The average Bonchev–Trinajstić information content (AvgIpc) is 2.91. The fourth-order valence-electron chi connectivity index (χ4n) is 2.97. The van der Waals surface area contributed by atoms with E-state index in [4.69, 9.17) is 9.84 Å². The standard InChI is InChI=1S/C18H20O4/c19-9-1-2-12-3-8-17-15(10-12)16(11-20)18(22-17)13-4-6-14(21)7-5-13/h3-8,10,16,18-21H,1-2,9,11H2/t16-,18-/m0/s1. The number of phenolic OH excluding ortho intramolecular Hbond substituents is 1. The Bertz CT molecular complexity index is 636. The Morgan fingerprint density at radius 3 is 2.45 bits per heavy atom. The molecule has 0 aromatic heterocycles. The number of ether oxygens (including phenoxy) is 1. The van der Waals surface area contributed by atoms with Gasteiger partial charge in [0.15, 0.2) is 0 Å². The number of benzene rings is 2. The van der Waals surface area contributed by atoms with Crippen molar-refractivity contribution in [1.82, 2.24) is 0 Å². The van der Waals surface area contributed by atoms with Gasteiger partial charge in [0.2, 0.25) is 0 Å². The normalized spacial score (nSPS) is 19.7. The summed E-state index contributed by atoms with van der Waals surface area (Å²) in [5.41, 5.74) is 3.09. The smallest absolute Gasteiger partial charge is 0.133 e. The quantitative estimate of drug-likeness (QED) is 0.793. The maximum Gasteiger partial charge on any atom is 0.133 e. The van der Waals surface area contributed by atoms with Crippen LogP contribution in [0, 0.1) is 0 Å². The van der Waals surface area contributed by atoms with Gasteiger partial charge >= 0.3 is 0 Å². The number of aryl methyl sites for hydroxylation is 1. The SMILES string of the molecule is OCCCc1ccc2c(c1)[C@H](CO)[C@H](c1ccc(O)cc1)O2. The lowest BCUT2D eigenvalue weighted by atomic mass is 9.90. The predicted molar refractivity (Wildman–Crippen MR) is 83.2 cm³/mol. The number of fused-ring (bicyclic) bond motifs is 1. The molecule has 0 fully saturated rings. The predicted octanol–water partition coefficient (Wildman–Crippen LogP) is 2.53. The zero-order chi connectivity index (χ0) is 15.5. The number of hydrogen-bond donors (Lipinski definition) is 3. The van der Waals surface area contributed by atoms with Gasteiger partial charge < -0.3 is 20.1 Å². The van der Waals surface area contributed by atoms with E-state index in [2.05, 4.69) is 6.07 Å². The van der Waals surface area contributed by atoms with Gasteiger partial charge in [0.05, 0.1) is 12.5 Å². The van der Waals surface area contributed by atoms with Gasteiger partial charge in [-0.05, 0) is 42.2 Å². The van der Waals surface area contributed by atoms with Gasteiger partial charge in [-0.2, -0.15) is 0 Å². The number of aliphatic hydroxyl groups excluding tert-OH is 2. The molecule has 0 radical (unpaired) electrons. The molecule has 3 N–H and O–H groups in total. The lowest BCUT2D eigenvalue weighted by molar-refractivity contribution is 0.160. The Labute approximate surface area is 129 Å². The molecule has 116 valence electrons. The van der Waals surface area contributed by atoms with Crippen molar-refractivity contribution in [3.05, 3.63) is 59.2 Å². The van der Waals surface area contributed by atoms with Crippen LogP contribution in [0.5, 0.6) is 11.5 Å². The van der Waals surface area contributed by atoms with Gasteiger partial charge in [0, 0.05) is 12.2 Å². The summed E-state index contributed by atoms with van der Waals surface area (Å²) in [5, 5.41) is 28.1. The fourth-order valence-corrected chi connectivity index (χ4v) is 2.97. The Morgan fingerprint density at radius 1 is 1.00 bits per heavy atom. The van der Waals surface area contributed by atoms with Crippen molar-refractivity contribution in [1.29, 1.82) is 0 Å². The van der Waals surface area contributed by atoms with Crippen molar-refractivity contribution in [3.63, 3.8) is 0 Å². The van der Waals surface area contributed by atoms with Crippen LogP contribution in [-0.2, 0) is 6.42 Å². The molecule has 1 heterocycles. The summed E-state index contributed by atoms with van der Waals surface area (Å²) in [7, 11) is 0. The van der Waals surface area contributed by atoms with E-state index in [1.807, 2.05) is 24.3 Å². The molecule has 0 bridgehead atoms. The molecule has 0 saturated carbocycles. The highest BCUT2D eigenvalue weighted by Crippen LogP contribution is 2.46. The van der Waals surface area contributed by atoms with Gasteiger partial charge in [-0.3, -0.25) is 0 Å². The molecule has 2 atom stereocenters. The van der Waals surface area contributed by atoms with Crippen LogP contribution in [0.25, 0.3) is 0 Å². The summed E-state index contributed by atoms with van der Waals surface area (Å²) in [5.74, 6) is 0.893. The van der Waals surface area contributed by atoms with Crippen molar-refractivity contribution in [2.24, 2.45) is 0 Å². The molecule has 0 spiro atoms. The highest BCUT2D eigenvalue weighted by atomic mass is 16.5. The highest BCUT2D eigenvalue weighted by Gasteiger charge is 2.35. The van der Waals surface area contributed by atoms with Crippen LogP contribution in [0.1, 0.15) is 35.1 Å². The molecule has 0 saturated heterocycles. The first kappa shape index (κ1) is 14.9. The molecule has 4 nitrogen and oxygen atoms in total. The van der Waals surface area contributed by atoms with Crippen LogP contribution in [0.2, 0.25) is 0 Å². The van der Waals surface area contributed by atoms with Crippen LogP contribution < -0.4 is 4.74 Å². The van der Waals surface area contributed by atoms with Crippen LogP contribution in [0.4, 0.5) is 0 Å². The van der Waals surface area contributed by atoms with Gasteiger partial charge in [-0.1, -0.05) is 24.3 Å². The second kappa shape index (κ2) is 6.38. The number of aliphatic hydroxyl groups is 2.